The second kappa shape index (κ2) is 5.01. The van der Waals surface area contributed by atoms with E-state index in [1.54, 1.807) is 10.7 Å². The number of aliphatic hydroxyl groups is 1. The molecule has 0 saturated heterocycles. The second-order valence-corrected chi connectivity index (χ2v) is 4.30. The Morgan fingerprint density at radius 3 is 2.60 bits per heavy atom. The predicted molar refractivity (Wildman–Crippen MR) is 76.7 cm³/mol. The van der Waals surface area contributed by atoms with E-state index in [2.05, 4.69) is 5.10 Å². The Labute approximate surface area is 115 Å². The van der Waals surface area contributed by atoms with E-state index in [0.29, 0.717) is 11.3 Å². The van der Waals surface area contributed by atoms with Gasteiger partial charge in [-0.25, -0.2) is 4.52 Å². The van der Waals surface area contributed by atoms with E-state index in [0.717, 1.165) is 23.4 Å². The van der Waals surface area contributed by atoms with Crippen LogP contribution in [-0.4, -0.2) is 20.5 Å². The monoisotopic (exact) mass is 264 g/mol. The molecule has 0 bridgehead atoms. The molecule has 3 aromatic rings. The maximum absolute atomic E-state index is 12.2. The van der Waals surface area contributed by atoms with Crippen molar-refractivity contribution in [1.29, 1.82) is 0 Å². The normalized spacial score (nSPS) is 11.2. The highest BCUT2D eigenvalue weighted by atomic mass is 16.2. The van der Waals surface area contributed by atoms with Crippen molar-refractivity contribution in [3.63, 3.8) is 0 Å². The Bertz CT molecular complexity index is 789. The van der Waals surface area contributed by atoms with Crippen LogP contribution in [0, 0.1) is 0 Å². The van der Waals surface area contributed by atoms with Gasteiger partial charge < -0.3 is 5.11 Å². The largest absolute Gasteiger partial charge is 0.515 e. The third kappa shape index (κ3) is 1.97. The molecule has 0 fully saturated rings. The smallest absolute Gasteiger partial charge is 0.193 e. The van der Waals surface area contributed by atoms with E-state index in [9.17, 15) is 4.79 Å². The lowest BCUT2D eigenvalue weighted by Gasteiger charge is -1.99. The molecule has 0 atom stereocenters. The predicted octanol–water partition coefficient (Wildman–Crippen LogP) is 3.26. The summed E-state index contributed by atoms with van der Waals surface area (Å²) in [5.74, 6) is -0.271. The average molecular weight is 264 g/mol. The first-order valence-electron chi connectivity index (χ1n) is 6.19. The first-order valence-corrected chi connectivity index (χ1v) is 6.19. The highest BCUT2D eigenvalue weighted by molar-refractivity contribution is 6.13. The topological polar surface area (TPSA) is 54.6 Å². The molecule has 2 heterocycles. The minimum atomic E-state index is -0.271. The molecule has 4 heteroatoms. The van der Waals surface area contributed by atoms with Gasteiger partial charge in [-0.3, -0.25) is 4.79 Å². The number of aromatic nitrogens is 2. The number of carbonyl (C=O) groups is 1. The van der Waals surface area contributed by atoms with Crippen LogP contribution in [0.2, 0.25) is 0 Å². The van der Waals surface area contributed by atoms with Gasteiger partial charge in [0.15, 0.2) is 5.78 Å². The highest BCUT2D eigenvalue weighted by Crippen LogP contribution is 2.26. The number of hydrogen-bond donors (Lipinski definition) is 1. The molecule has 98 valence electrons. The zero-order chi connectivity index (χ0) is 13.9. The highest BCUT2D eigenvalue weighted by Gasteiger charge is 2.18. The van der Waals surface area contributed by atoms with Gasteiger partial charge in [-0.1, -0.05) is 36.4 Å². The zero-order valence-electron chi connectivity index (χ0n) is 10.6. The lowest BCUT2D eigenvalue weighted by molar-refractivity contribution is 0.104. The summed E-state index contributed by atoms with van der Waals surface area (Å²) >= 11 is 0. The number of nitrogens with zero attached hydrogens (tertiary/aromatic N) is 2. The van der Waals surface area contributed by atoms with Crippen molar-refractivity contribution in [2.75, 3.05) is 0 Å². The van der Waals surface area contributed by atoms with Crippen molar-refractivity contribution in [2.45, 2.75) is 0 Å². The van der Waals surface area contributed by atoms with E-state index in [4.69, 9.17) is 5.11 Å². The summed E-state index contributed by atoms with van der Waals surface area (Å²) in [5, 5.41) is 13.3. The SMILES string of the molecule is O=C(C=CO)c1c(-c2ccccc2)nn2ccccc12. The van der Waals surface area contributed by atoms with Crippen LogP contribution in [0.3, 0.4) is 0 Å². The van der Waals surface area contributed by atoms with Crippen molar-refractivity contribution in [3.8, 4) is 11.3 Å². The summed E-state index contributed by atoms with van der Waals surface area (Å²) in [5.41, 5.74) is 2.68. The van der Waals surface area contributed by atoms with Crippen LogP contribution >= 0.6 is 0 Å². The Morgan fingerprint density at radius 2 is 1.85 bits per heavy atom. The van der Waals surface area contributed by atoms with Crippen LogP contribution in [-0.2, 0) is 0 Å². The van der Waals surface area contributed by atoms with Crippen LogP contribution in [0.25, 0.3) is 16.8 Å². The molecule has 2 aromatic heterocycles. The van der Waals surface area contributed by atoms with Crippen LogP contribution in [0.4, 0.5) is 0 Å². The van der Waals surface area contributed by atoms with Crippen LogP contribution < -0.4 is 0 Å². The van der Waals surface area contributed by atoms with E-state index in [-0.39, 0.29) is 5.78 Å². The summed E-state index contributed by atoms with van der Waals surface area (Å²) in [6, 6.07) is 15.1. The summed E-state index contributed by atoms with van der Waals surface area (Å²) in [4.78, 5) is 12.2. The Hall–Kier alpha value is -2.88. The fourth-order valence-corrected chi connectivity index (χ4v) is 2.19. The molecule has 0 radical (unpaired) electrons. The van der Waals surface area contributed by atoms with Gasteiger partial charge in [-0.05, 0) is 12.1 Å². The zero-order valence-corrected chi connectivity index (χ0v) is 10.6. The molecule has 0 amide bonds. The second-order valence-electron chi connectivity index (χ2n) is 4.30. The number of hydrogen-bond acceptors (Lipinski definition) is 3. The quantitative estimate of drug-likeness (QED) is 0.449. The molecule has 1 N–H and O–H groups in total. The van der Waals surface area contributed by atoms with E-state index in [1.807, 2.05) is 48.5 Å². The minimum absolute atomic E-state index is 0.271. The molecule has 0 aliphatic rings. The van der Waals surface area contributed by atoms with E-state index >= 15 is 0 Å². The number of fused-ring (bicyclic) bond motifs is 1. The molecule has 0 unspecified atom stereocenters. The molecular weight excluding hydrogens is 252 g/mol. The molecule has 4 nitrogen and oxygen atoms in total. The number of allylic oxidation sites excluding steroid dienone is 1. The number of rotatable bonds is 3. The van der Waals surface area contributed by atoms with Gasteiger partial charge in [0.1, 0.15) is 5.69 Å². The van der Waals surface area contributed by atoms with Crippen molar-refractivity contribution in [1.82, 2.24) is 9.61 Å². The first-order chi connectivity index (χ1) is 9.81. The standard InChI is InChI=1S/C16H12N2O2/c19-11-9-14(20)15-13-8-4-5-10-18(13)17-16(15)12-6-2-1-3-7-12/h1-11,19H. The van der Waals surface area contributed by atoms with Crippen LogP contribution in [0.5, 0.6) is 0 Å². The number of benzene rings is 1. The number of ketones is 1. The van der Waals surface area contributed by atoms with Crippen molar-refractivity contribution >= 4 is 11.3 Å². The Morgan fingerprint density at radius 1 is 1.10 bits per heavy atom. The lowest BCUT2D eigenvalue weighted by atomic mass is 10.0. The van der Waals surface area contributed by atoms with Gasteiger partial charge in [0.25, 0.3) is 0 Å². The van der Waals surface area contributed by atoms with Gasteiger partial charge >= 0.3 is 0 Å². The average Bonchev–Trinajstić information content (AvgIpc) is 2.88. The van der Waals surface area contributed by atoms with Gasteiger partial charge in [0.2, 0.25) is 0 Å². The maximum atomic E-state index is 12.2. The molecular formula is C16H12N2O2. The van der Waals surface area contributed by atoms with Crippen LogP contribution in [0.15, 0.2) is 67.1 Å². The van der Waals surface area contributed by atoms with E-state index < -0.39 is 0 Å². The third-order valence-electron chi connectivity index (χ3n) is 3.06. The summed E-state index contributed by atoms with van der Waals surface area (Å²) in [6.07, 6.45) is 3.68. The van der Waals surface area contributed by atoms with Gasteiger partial charge in [0, 0.05) is 17.8 Å². The minimum Gasteiger partial charge on any atom is -0.515 e. The fraction of sp³-hybridized carbons (Fsp3) is 0. The number of carbonyl (C=O) groups excluding carboxylic acids is 1. The molecule has 0 aliphatic carbocycles. The van der Waals surface area contributed by atoms with Gasteiger partial charge in [-0.15, -0.1) is 0 Å². The van der Waals surface area contributed by atoms with Crippen molar-refractivity contribution in [2.24, 2.45) is 0 Å². The van der Waals surface area contributed by atoms with Gasteiger partial charge in [-0.2, -0.15) is 5.10 Å². The Kier molecular flexibility index (Phi) is 3.05. The van der Waals surface area contributed by atoms with Crippen molar-refractivity contribution in [3.05, 3.63) is 72.6 Å². The van der Waals surface area contributed by atoms with Gasteiger partial charge in [0.05, 0.1) is 17.3 Å². The first kappa shape index (κ1) is 12.2. The fourth-order valence-electron chi connectivity index (χ4n) is 2.19. The Balaban J connectivity index is 2.31. The number of pyridine rings is 1. The molecule has 0 saturated carbocycles. The summed E-state index contributed by atoms with van der Waals surface area (Å²) < 4.78 is 1.67. The summed E-state index contributed by atoms with van der Waals surface area (Å²) in [6.45, 7) is 0. The molecule has 0 aliphatic heterocycles. The lowest BCUT2D eigenvalue weighted by Crippen LogP contribution is -1.96. The summed E-state index contributed by atoms with van der Waals surface area (Å²) in [7, 11) is 0. The number of aliphatic hydroxyl groups excluding tert-OH is 1. The molecule has 3 rings (SSSR count). The van der Waals surface area contributed by atoms with E-state index in [1.165, 1.54) is 0 Å². The molecule has 20 heavy (non-hydrogen) atoms. The van der Waals surface area contributed by atoms with Crippen molar-refractivity contribution < 1.29 is 9.90 Å². The molecule has 1 aromatic carbocycles. The molecule has 0 spiro atoms. The van der Waals surface area contributed by atoms with Crippen LogP contribution in [0.1, 0.15) is 10.4 Å². The maximum Gasteiger partial charge on any atom is 0.193 e. The third-order valence-corrected chi connectivity index (χ3v) is 3.06.